The van der Waals surface area contributed by atoms with Crippen LogP contribution in [0.15, 0.2) is 24.3 Å². The molecule has 3 heteroatoms. The van der Waals surface area contributed by atoms with Gasteiger partial charge < -0.3 is 15.3 Å². The summed E-state index contributed by atoms with van der Waals surface area (Å²) >= 11 is 0. The molecule has 2 rings (SSSR count). The Bertz CT molecular complexity index is 363. The molecule has 0 bridgehead atoms. The lowest BCUT2D eigenvalue weighted by atomic mass is 10.0. The maximum absolute atomic E-state index is 9.18. The summed E-state index contributed by atoms with van der Waals surface area (Å²) in [5, 5.41) is 12.7. The topological polar surface area (TPSA) is 35.5 Å². The lowest BCUT2D eigenvalue weighted by molar-refractivity contribution is 0.260. The Balaban J connectivity index is 2.15. The number of hydrogen-bond donors (Lipinski definition) is 2. The molecule has 2 atom stereocenters. The van der Waals surface area contributed by atoms with Crippen molar-refractivity contribution in [2.45, 2.75) is 38.8 Å². The summed E-state index contributed by atoms with van der Waals surface area (Å²) in [4.78, 5) is 2.43. The van der Waals surface area contributed by atoms with Gasteiger partial charge in [0.2, 0.25) is 0 Å². The van der Waals surface area contributed by atoms with Gasteiger partial charge in [0.05, 0.1) is 0 Å². The molecule has 1 aromatic rings. The summed E-state index contributed by atoms with van der Waals surface area (Å²) in [5.41, 5.74) is 2.65. The van der Waals surface area contributed by atoms with Crippen LogP contribution in [-0.4, -0.2) is 36.9 Å². The lowest BCUT2D eigenvalue weighted by Gasteiger charge is -2.41. The Kier molecular flexibility index (Phi) is 4.61. The minimum absolute atomic E-state index is 0.254. The van der Waals surface area contributed by atoms with Crippen molar-refractivity contribution in [3.8, 4) is 0 Å². The molecule has 0 radical (unpaired) electrons. The summed E-state index contributed by atoms with van der Waals surface area (Å²) in [6.45, 7) is 6.61. The van der Waals surface area contributed by atoms with E-state index in [-0.39, 0.29) is 6.61 Å². The highest BCUT2D eigenvalue weighted by molar-refractivity contribution is 5.49. The molecule has 1 aliphatic rings. The predicted octanol–water partition coefficient (Wildman–Crippen LogP) is 1.80. The first-order chi connectivity index (χ1) is 8.74. The van der Waals surface area contributed by atoms with Gasteiger partial charge >= 0.3 is 0 Å². The Morgan fingerprint density at radius 3 is 2.67 bits per heavy atom. The number of aryl methyl sites for hydroxylation is 1. The molecule has 1 heterocycles. The van der Waals surface area contributed by atoms with Crippen LogP contribution in [0.2, 0.25) is 0 Å². The van der Waals surface area contributed by atoms with Gasteiger partial charge in [-0.3, -0.25) is 0 Å². The Hall–Kier alpha value is -1.06. The first kappa shape index (κ1) is 13.4. The van der Waals surface area contributed by atoms with Crippen LogP contribution in [0.25, 0.3) is 0 Å². The van der Waals surface area contributed by atoms with Gasteiger partial charge in [0, 0.05) is 37.5 Å². The molecule has 0 aromatic heterocycles. The second-order valence-electron chi connectivity index (χ2n) is 5.15. The molecule has 1 aliphatic heterocycles. The smallest absolute Gasteiger partial charge is 0.0451 e. The molecule has 1 aromatic carbocycles. The number of aliphatic hydroxyl groups is 1. The number of piperazine rings is 1. The number of benzene rings is 1. The summed E-state index contributed by atoms with van der Waals surface area (Å²) in [5.74, 6) is 0. The van der Waals surface area contributed by atoms with Gasteiger partial charge in [0.25, 0.3) is 0 Å². The van der Waals surface area contributed by atoms with E-state index in [0.29, 0.717) is 12.1 Å². The summed E-state index contributed by atoms with van der Waals surface area (Å²) in [6.07, 6.45) is 1.91. The highest BCUT2D eigenvalue weighted by Gasteiger charge is 2.25. The fourth-order valence-electron chi connectivity index (χ4n) is 2.60. The number of rotatable bonds is 4. The van der Waals surface area contributed by atoms with Crippen molar-refractivity contribution < 1.29 is 5.11 Å². The molecule has 3 nitrogen and oxygen atoms in total. The van der Waals surface area contributed by atoms with E-state index in [2.05, 4.69) is 48.3 Å². The minimum atomic E-state index is 0.254. The van der Waals surface area contributed by atoms with Crippen LogP contribution in [0.1, 0.15) is 25.8 Å². The third kappa shape index (κ3) is 3.03. The van der Waals surface area contributed by atoms with E-state index >= 15 is 0 Å². The van der Waals surface area contributed by atoms with Crippen molar-refractivity contribution in [1.29, 1.82) is 0 Å². The fraction of sp³-hybridized carbons (Fsp3) is 0.600. The molecular formula is C15H24N2O. The van der Waals surface area contributed by atoms with E-state index in [0.717, 1.165) is 25.9 Å². The minimum Gasteiger partial charge on any atom is -0.396 e. The van der Waals surface area contributed by atoms with Crippen LogP contribution in [0.5, 0.6) is 0 Å². The van der Waals surface area contributed by atoms with Crippen molar-refractivity contribution in [3.05, 3.63) is 29.8 Å². The SMILES string of the molecule is CCc1ccc(N2CC(C)NCC2CCO)cc1. The number of nitrogens with one attached hydrogen (secondary N) is 1. The van der Waals surface area contributed by atoms with Crippen LogP contribution < -0.4 is 10.2 Å². The molecule has 1 fully saturated rings. The van der Waals surface area contributed by atoms with E-state index in [4.69, 9.17) is 0 Å². The van der Waals surface area contributed by atoms with E-state index in [1.807, 2.05) is 0 Å². The number of hydrogen-bond acceptors (Lipinski definition) is 3. The molecule has 1 saturated heterocycles. The van der Waals surface area contributed by atoms with Crippen LogP contribution in [0.4, 0.5) is 5.69 Å². The molecule has 0 amide bonds. The average molecular weight is 248 g/mol. The molecule has 0 spiro atoms. The molecule has 0 aliphatic carbocycles. The molecule has 2 N–H and O–H groups in total. The largest absolute Gasteiger partial charge is 0.396 e. The number of anilines is 1. The van der Waals surface area contributed by atoms with Gasteiger partial charge in [0.1, 0.15) is 0 Å². The summed E-state index contributed by atoms with van der Waals surface area (Å²) in [6, 6.07) is 9.74. The van der Waals surface area contributed by atoms with Gasteiger partial charge in [-0.25, -0.2) is 0 Å². The highest BCUT2D eigenvalue weighted by Crippen LogP contribution is 2.22. The quantitative estimate of drug-likeness (QED) is 0.853. The van der Waals surface area contributed by atoms with Crippen molar-refractivity contribution in [2.24, 2.45) is 0 Å². The zero-order valence-electron chi connectivity index (χ0n) is 11.4. The first-order valence-electron chi connectivity index (χ1n) is 6.94. The monoisotopic (exact) mass is 248 g/mol. The normalized spacial score (nSPS) is 24.3. The fourth-order valence-corrected chi connectivity index (χ4v) is 2.60. The zero-order valence-corrected chi connectivity index (χ0v) is 11.4. The van der Waals surface area contributed by atoms with Crippen LogP contribution in [0.3, 0.4) is 0 Å². The summed E-state index contributed by atoms with van der Waals surface area (Å²) < 4.78 is 0. The van der Waals surface area contributed by atoms with Crippen molar-refractivity contribution in [3.63, 3.8) is 0 Å². The summed E-state index contributed by atoms with van der Waals surface area (Å²) in [7, 11) is 0. The van der Waals surface area contributed by atoms with Gasteiger partial charge in [-0.05, 0) is 37.5 Å². The average Bonchev–Trinajstić information content (AvgIpc) is 2.41. The predicted molar refractivity (Wildman–Crippen MR) is 76.1 cm³/mol. The van der Waals surface area contributed by atoms with E-state index in [1.54, 1.807) is 0 Å². The van der Waals surface area contributed by atoms with Crippen molar-refractivity contribution in [1.82, 2.24) is 5.32 Å². The zero-order chi connectivity index (χ0) is 13.0. The lowest BCUT2D eigenvalue weighted by Crippen LogP contribution is -2.56. The van der Waals surface area contributed by atoms with E-state index in [1.165, 1.54) is 11.3 Å². The highest BCUT2D eigenvalue weighted by atomic mass is 16.3. The van der Waals surface area contributed by atoms with Gasteiger partial charge in [-0.15, -0.1) is 0 Å². The third-order valence-corrected chi connectivity index (χ3v) is 3.75. The Morgan fingerprint density at radius 1 is 1.33 bits per heavy atom. The molecule has 100 valence electrons. The van der Waals surface area contributed by atoms with Gasteiger partial charge in [0.15, 0.2) is 0 Å². The second-order valence-corrected chi connectivity index (χ2v) is 5.15. The number of nitrogens with zero attached hydrogens (tertiary/aromatic N) is 1. The Morgan fingerprint density at radius 2 is 2.06 bits per heavy atom. The molecule has 2 unspecified atom stereocenters. The van der Waals surface area contributed by atoms with Crippen LogP contribution in [0, 0.1) is 0 Å². The maximum Gasteiger partial charge on any atom is 0.0451 e. The van der Waals surface area contributed by atoms with Crippen molar-refractivity contribution in [2.75, 3.05) is 24.6 Å². The Labute approximate surface area is 110 Å². The van der Waals surface area contributed by atoms with Crippen molar-refractivity contribution >= 4 is 5.69 Å². The van der Waals surface area contributed by atoms with Gasteiger partial charge in [-0.2, -0.15) is 0 Å². The standard InChI is InChI=1S/C15H24N2O/c1-3-13-4-6-14(7-5-13)17-11-12(2)16-10-15(17)8-9-18/h4-7,12,15-16,18H,3,8-11H2,1-2H3. The molecule has 0 saturated carbocycles. The van der Waals surface area contributed by atoms with E-state index in [9.17, 15) is 5.11 Å². The van der Waals surface area contributed by atoms with Crippen LogP contribution >= 0.6 is 0 Å². The maximum atomic E-state index is 9.18. The molecule has 18 heavy (non-hydrogen) atoms. The third-order valence-electron chi connectivity index (χ3n) is 3.75. The van der Waals surface area contributed by atoms with Crippen LogP contribution in [-0.2, 0) is 6.42 Å². The van der Waals surface area contributed by atoms with E-state index < -0.39 is 0 Å². The molecular weight excluding hydrogens is 224 g/mol. The second kappa shape index (κ2) is 6.21. The number of aliphatic hydroxyl groups excluding tert-OH is 1. The first-order valence-corrected chi connectivity index (χ1v) is 6.94. The van der Waals surface area contributed by atoms with Gasteiger partial charge in [-0.1, -0.05) is 19.1 Å².